The van der Waals surface area contributed by atoms with E-state index in [-0.39, 0.29) is 13.2 Å². The van der Waals surface area contributed by atoms with Gasteiger partial charge in [-0.3, -0.25) is 9.00 Å². The number of β-lactam (4-membered cyclic amide) rings is 1. The van der Waals surface area contributed by atoms with Crippen LogP contribution in [0.1, 0.15) is 25.0 Å². The summed E-state index contributed by atoms with van der Waals surface area (Å²) in [6.45, 7) is 3.42. The van der Waals surface area contributed by atoms with Crippen LogP contribution in [0.4, 0.5) is 4.79 Å². The van der Waals surface area contributed by atoms with Gasteiger partial charge in [-0.1, -0.05) is 60.7 Å². The molecule has 168 valence electrons. The second-order valence-corrected chi connectivity index (χ2v) is 10.3. The number of alkyl carbamates (subject to hydrolysis) is 1. The van der Waals surface area contributed by atoms with Gasteiger partial charge in [0.15, 0.2) is 0 Å². The first-order chi connectivity index (χ1) is 15.3. The summed E-state index contributed by atoms with van der Waals surface area (Å²) in [5.74, 6) is -1.10. The van der Waals surface area contributed by atoms with E-state index in [1.165, 1.54) is 4.90 Å². The molecule has 2 aliphatic rings. The lowest BCUT2D eigenvalue weighted by atomic mass is 9.96. The molecule has 0 aromatic heterocycles. The summed E-state index contributed by atoms with van der Waals surface area (Å²) >= 11 is 0. The summed E-state index contributed by atoms with van der Waals surface area (Å²) in [5, 5.41) is 1.69. The predicted molar refractivity (Wildman–Crippen MR) is 116 cm³/mol. The lowest BCUT2D eigenvalue weighted by molar-refractivity contribution is -0.164. The van der Waals surface area contributed by atoms with Crippen molar-refractivity contribution in [2.24, 2.45) is 0 Å². The minimum Gasteiger partial charge on any atom is -0.459 e. The van der Waals surface area contributed by atoms with Gasteiger partial charge in [-0.15, -0.1) is 0 Å². The average molecular weight is 457 g/mol. The zero-order valence-electron chi connectivity index (χ0n) is 17.7. The number of ether oxygens (including phenoxy) is 2. The van der Waals surface area contributed by atoms with E-state index in [1.54, 1.807) is 13.8 Å². The number of benzene rings is 2. The van der Waals surface area contributed by atoms with E-state index >= 15 is 0 Å². The summed E-state index contributed by atoms with van der Waals surface area (Å²) in [6.07, 6.45) is -0.781. The Morgan fingerprint density at radius 1 is 0.969 bits per heavy atom. The molecule has 4 atom stereocenters. The molecule has 32 heavy (non-hydrogen) atoms. The van der Waals surface area contributed by atoms with Crippen molar-refractivity contribution in [1.82, 2.24) is 10.2 Å². The Morgan fingerprint density at radius 2 is 1.50 bits per heavy atom. The second-order valence-electron chi connectivity index (χ2n) is 8.22. The minimum atomic E-state index is -1.59. The Morgan fingerprint density at radius 3 is 2.06 bits per heavy atom. The van der Waals surface area contributed by atoms with Gasteiger partial charge in [-0.2, -0.15) is 0 Å². The third-order valence-corrected chi connectivity index (χ3v) is 7.89. The predicted octanol–water partition coefficient (Wildman–Crippen LogP) is 2.10. The zero-order valence-corrected chi connectivity index (χ0v) is 18.5. The number of amides is 2. The first-order valence-electron chi connectivity index (χ1n) is 10.2. The van der Waals surface area contributed by atoms with Crippen molar-refractivity contribution in [3.63, 3.8) is 0 Å². The van der Waals surface area contributed by atoms with Crippen molar-refractivity contribution in [1.29, 1.82) is 0 Å². The molecule has 0 saturated carbocycles. The number of hydrogen-bond acceptors (Lipinski definition) is 6. The van der Waals surface area contributed by atoms with Crippen LogP contribution in [-0.4, -0.2) is 49.3 Å². The van der Waals surface area contributed by atoms with Crippen LogP contribution in [-0.2, 0) is 43.1 Å². The standard InChI is InChI=1S/C23H24N2O6S/c1-23(2)18(21(27)30-13-15-9-5-3-6-10-15)25-19(26)17(20(25)32(23)29)24-22(28)31-14-16-11-7-4-8-12-16/h3-12,17-18,20H,13-14H2,1-2H3,(H,24,28)/t17-,18+,20-,32?/m1/s1. The number of fused-ring (bicyclic) bond motifs is 1. The van der Waals surface area contributed by atoms with Crippen molar-refractivity contribution in [2.75, 3.05) is 0 Å². The summed E-state index contributed by atoms with van der Waals surface area (Å²) in [5.41, 5.74) is 1.61. The molecule has 0 radical (unpaired) electrons. The van der Waals surface area contributed by atoms with Gasteiger partial charge in [0.1, 0.15) is 30.7 Å². The highest BCUT2D eigenvalue weighted by atomic mass is 32.2. The molecule has 9 heteroatoms. The van der Waals surface area contributed by atoms with Gasteiger partial charge in [-0.25, -0.2) is 9.59 Å². The minimum absolute atomic E-state index is 0.0466. The molecule has 2 heterocycles. The third-order valence-electron chi connectivity index (χ3n) is 5.69. The summed E-state index contributed by atoms with van der Waals surface area (Å²) in [4.78, 5) is 39.1. The summed E-state index contributed by atoms with van der Waals surface area (Å²) in [7, 11) is -1.59. The Bertz CT molecular complexity index is 1040. The van der Waals surface area contributed by atoms with Gasteiger partial charge < -0.3 is 19.7 Å². The third kappa shape index (κ3) is 4.00. The van der Waals surface area contributed by atoms with E-state index in [4.69, 9.17) is 9.47 Å². The molecule has 1 unspecified atom stereocenters. The maximum absolute atomic E-state index is 13.1. The Kier molecular flexibility index (Phi) is 6.01. The molecule has 2 saturated heterocycles. The Hall–Kier alpha value is -3.20. The monoisotopic (exact) mass is 456 g/mol. The van der Waals surface area contributed by atoms with Crippen LogP contribution >= 0.6 is 0 Å². The van der Waals surface area contributed by atoms with Crippen LogP contribution in [0.25, 0.3) is 0 Å². The van der Waals surface area contributed by atoms with E-state index in [9.17, 15) is 18.6 Å². The summed E-state index contributed by atoms with van der Waals surface area (Å²) in [6, 6.07) is 16.3. The van der Waals surface area contributed by atoms with Crippen molar-refractivity contribution in [3.8, 4) is 0 Å². The van der Waals surface area contributed by atoms with E-state index < -0.39 is 51.0 Å². The molecule has 2 aromatic carbocycles. The molecule has 8 nitrogen and oxygen atoms in total. The quantitative estimate of drug-likeness (QED) is 0.528. The maximum atomic E-state index is 13.1. The van der Waals surface area contributed by atoms with E-state index in [1.807, 2.05) is 60.7 Å². The lowest BCUT2D eigenvalue weighted by Gasteiger charge is -2.43. The van der Waals surface area contributed by atoms with Gasteiger partial charge in [0.05, 0.1) is 15.5 Å². The molecular formula is C23H24N2O6S. The molecule has 0 aliphatic carbocycles. The maximum Gasteiger partial charge on any atom is 0.408 e. The Balaban J connectivity index is 1.39. The summed E-state index contributed by atoms with van der Waals surface area (Å²) < 4.78 is 22.7. The average Bonchev–Trinajstić information content (AvgIpc) is 2.99. The van der Waals surface area contributed by atoms with Crippen LogP contribution in [0.2, 0.25) is 0 Å². The van der Waals surface area contributed by atoms with Crippen LogP contribution in [0, 0.1) is 0 Å². The van der Waals surface area contributed by atoms with Crippen LogP contribution < -0.4 is 5.32 Å². The van der Waals surface area contributed by atoms with Gasteiger partial charge in [0.25, 0.3) is 0 Å². The first-order valence-corrected chi connectivity index (χ1v) is 11.4. The van der Waals surface area contributed by atoms with Crippen molar-refractivity contribution in [3.05, 3.63) is 71.8 Å². The zero-order chi connectivity index (χ0) is 22.9. The number of nitrogens with zero attached hydrogens (tertiary/aromatic N) is 1. The fourth-order valence-electron chi connectivity index (χ4n) is 3.97. The van der Waals surface area contributed by atoms with Crippen LogP contribution in [0.5, 0.6) is 0 Å². The number of nitrogens with one attached hydrogen (secondary N) is 1. The normalized spacial score (nSPS) is 25.4. The van der Waals surface area contributed by atoms with Crippen molar-refractivity contribution >= 4 is 28.8 Å². The highest BCUT2D eigenvalue weighted by Crippen LogP contribution is 2.43. The molecule has 2 aliphatic heterocycles. The molecule has 0 spiro atoms. The molecule has 2 amide bonds. The van der Waals surface area contributed by atoms with Gasteiger partial charge in [0.2, 0.25) is 5.91 Å². The fourth-order valence-corrected chi connectivity index (χ4v) is 5.89. The lowest BCUT2D eigenvalue weighted by Crippen LogP contribution is -2.71. The second kappa shape index (κ2) is 8.74. The number of carbonyl (C=O) groups is 3. The van der Waals surface area contributed by atoms with E-state index in [2.05, 4.69) is 5.32 Å². The molecule has 1 N–H and O–H groups in total. The SMILES string of the molecule is CC1(C)[C@H](C(=O)OCc2ccccc2)N2C(=O)[C@@H](NC(=O)OCc3ccccc3)[C@H]2S1=O. The van der Waals surface area contributed by atoms with Crippen LogP contribution in [0.3, 0.4) is 0 Å². The molecule has 2 fully saturated rings. The van der Waals surface area contributed by atoms with Crippen molar-refractivity contribution in [2.45, 2.75) is 49.3 Å². The number of carbonyl (C=O) groups excluding carboxylic acids is 3. The number of esters is 1. The first kappa shape index (κ1) is 22.0. The molecule has 4 rings (SSSR count). The largest absolute Gasteiger partial charge is 0.459 e. The van der Waals surface area contributed by atoms with Gasteiger partial charge in [-0.05, 0) is 25.0 Å². The molecular weight excluding hydrogens is 432 g/mol. The highest BCUT2D eigenvalue weighted by Gasteiger charge is 2.68. The smallest absolute Gasteiger partial charge is 0.408 e. The number of hydrogen-bond donors (Lipinski definition) is 1. The number of rotatable bonds is 6. The van der Waals surface area contributed by atoms with E-state index in [0.29, 0.717) is 0 Å². The van der Waals surface area contributed by atoms with Gasteiger partial charge in [0, 0.05) is 0 Å². The van der Waals surface area contributed by atoms with Crippen molar-refractivity contribution < 1.29 is 28.1 Å². The fraction of sp³-hybridized carbons (Fsp3) is 0.348. The van der Waals surface area contributed by atoms with Crippen LogP contribution in [0.15, 0.2) is 60.7 Å². The van der Waals surface area contributed by atoms with E-state index in [0.717, 1.165) is 11.1 Å². The topological polar surface area (TPSA) is 102 Å². The van der Waals surface area contributed by atoms with Gasteiger partial charge >= 0.3 is 12.1 Å². The molecule has 0 bridgehead atoms. The molecule has 2 aromatic rings. The highest BCUT2D eigenvalue weighted by molar-refractivity contribution is 7.87. The Labute approximate surface area is 188 Å².